The number of Topliss-reactive ketones (excluding diaryl/α,β-unsaturated/α-hetero) is 1. The number of hydrazone groups is 1. The Kier molecular flexibility index (Phi) is 4.66. The topological polar surface area (TPSA) is 75.5 Å². The number of fused-ring (bicyclic) bond motifs is 1. The summed E-state index contributed by atoms with van der Waals surface area (Å²) in [7, 11) is 1.44. The van der Waals surface area contributed by atoms with E-state index in [1.54, 1.807) is 0 Å². The minimum atomic E-state index is -4.93. The molecule has 0 amide bonds. The van der Waals surface area contributed by atoms with Crippen LogP contribution >= 0.6 is 0 Å². The van der Waals surface area contributed by atoms with Crippen LogP contribution in [0.3, 0.4) is 0 Å². The van der Waals surface area contributed by atoms with E-state index in [9.17, 15) is 27.2 Å². The van der Waals surface area contributed by atoms with Gasteiger partial charge in [0.2, 0.25) is 0 Å². The molecule has 3 unspecified atom stereocenters. The van der Waals surface area contributed by atoms with E-state index in [4.69, 9.17) is 0 Å². The molecule has 0 saturated heterocycles. The average Bonchev–Trinajstić information content (AvgIpc) is 2.99. The molecule has 0 spiro atoms. The third kappa shape index (κ3) is 3.38. The van der Waals surface area contributed by atoms with Crippen LogP contribution in [-0.4, -0.2) is 46.4 Å². The van der Waals surface area contributed by atoms with Crippen LogP contribution in [0.1, 0.15) is 34.8 Å². The first kappa shape index (κ1) is 18.9. The fraction of sp³-hybridized carbons (Fsp3) is 0.353. The number of ketones is 1. The predicted octanol–water partition coefficient (Wildman–Crippen LogP) is 2.98. The van der Waals surface area contributed by atoms with E-state index in [1.165, 1.54) is 31.1 Å². The number of halogens is 4. The SMILES string of the molecule is CC(F)c1ccc2cc(C(=O)C3C=NN(C)C3C=O)c(C(F)(F)F)nc2n1. The van der Waals surface area contributed by atoms with Gasteiger partial charge < -0.3 is 4.79 Å². The molecule has 27 heavy (non-hydrogen) atoms. The van der Waals surface area contributed by atoms with Gasteiger partial charge in [0, 0.05) is 24.2 Å². The summed E-state index contributed by atoms with van der Waals surface area (Å²) in [5.41, 5.74) is -2.49. The van der Waals surface area contributed by atoms with Gasteiger partial charge in [-0.1, -0.05) is 0 Å². The number of aldehydes is 1. The second-order valence-electron chi connectivity index (χ2n) is 6.14. The van der Waals surface area contributed by atoms with E-state index in [-0.39, 0.29) is 16.7 Å². The largest absolute Gasteiger partial charge is 0.434 e. The molecule has 142 valence electrons. The number of carbonyl (C=O) groups excluding carboxylic acids is 2. The van der Waals surface area contributed by atoms with Crippen LogP contribution in [0.25, 0.3) is 11.0 Å². The first-order valence-corrected chi connectivity index (χ1v) is 7.93. The fourth-order valence-electron chi connectivity index (χ4n) is 2.84. The Morgan fingerprint density at radius 3 is 2.59 bits per heavy atom. The van der Waals surface area contributed by atoms with Crippen molar-refractivity contribution < 1.29 is 27.2 Å². The molecule has 1 aliphatic rings. The fourth-order valence-corrected chi connectivity index (χ4v) is 2.84. The monoisotopic (exact) mass is 382 g/mol. The van der Waals surface area contributed by atoms with Crippen LogP contribution in [-0.2, 0) is 11.0 Å². The molecule has 0 saturated carbocycles. The predicted molar refractivity (Wildman–Crippen MR) is 88.0 cm³/mol. The summed E-state index contributed by atoms with van der Waals surface area (Å²) >= 11 is 0. The number of hydrogen-bond acceptors (Lipinski definition) is 6. The quantitative estimate of drug-likeness (QED) is 0.462. The highest BCUT2D eigenvalue weighted by atomic mass is 19.4. The molecule has 0 N–H and O–H groups in total. The zero-order valence-electron chi connectivity index (χ0n) is 14.2. The summed E-state index contributed by atoms with van der Waals surface area (Å²) < 4.78 is 53.9. The summed E-state index contributed by atoms with van der Waals surface area (Å²) in [4.78, 5) is 31.2. The first-order valence-electron chi connectivity index (χ1n) is 7.93. The summed E-state index contributed by atoms with van der Waals surface area (Å²) in [5, 5.41) is 5.16. The van der Waals surface area contributed by atoms with Crippen molar-refractivity contribution in [3.8, 4) is 0 Å². The van der Waals surface area contributed by atoms with Gasteiger partial charge in [0.25, 0.3) is 0 Å². The highest BCUT2D eigenvalue weighted by molar-refractivity contribution is 6.10. The minimum absolute atomic E-state index is 0.0622. The first-order chi connectivity index (χ1) is 12.6. The van der Waals surface area contributed by atoms with E-state index in [1.807, 2.05) is 0 Å². The maximum absolute atomic E-state index is 13.5. The third-order valence-electron chi connectivity index (χ3n) is 4.29. The van der Waals surface area contributed by atoms with Crippen LogP contribution in [0.4, 0.5) is 17.6 Å². The second kappa shape index (κ2) is 6.67. The van der Waals surface area contributed by atoms with Gasteiger partial charge in [0.05, 0.1) is 11.6 Å². The number of likely N-dealkylation sites (N-methyl/N-ethyl adjacent to an activating group) is 1. The van der Waals surface area contributed by atoms with Gasteiger partial charge in [0.15, 0.2) is 17.1 Å². The van der Waals surface area contributed by atoms with E-state index < -0.39 is 41.3 Å². The molecule has 3 atom stereocenters. The number of alkyl halides is 4. The van der Waals surface area contributed by atoms with Crippen molar-refractivity contribution in [2.45, 2.75) is 25.3 Å². The van der Waals surface area contributed by atoms with Crippen molar-refractivity contribution in [3.05, 3.63) is 35.2 Å². The Morgan fingerprint density at radius 2 is 2.00 bits per heavy atom. The highest BCUT2D eigenvalue weighted by Crippen LogP contribution is 2.34. The normalized spacial score (nSPS) is 20.9. The van der Waals surface area contributed by atoms with Crippen molar-refractivity contribution in [2.75, 3.05) is 7.05 Å². The van der Waals surface area contributed by atoms with E-state index in [0.717, 1.165) is 12.3 Å². The van der Waals surface area contributed by atoms with Gasteiger partial charge in [-0.2, -0.15) is 18.3 Å². The molecule has 10 heteroatoms. The zero-order valence-corrected chi connectivity index (χ0v) is 14.2. The van der Waals surface area contributed by atoms with Crippen molar-refractivity contribution in [1.29, 1.82) is 0 Å². The van der Waals surface area contributed by atoms with Crippen LogP contribution in [0.15, 0.2) is 23.3 Å². The number of aromatic nitrogens is 2. The molecule has 3 rings (SSSR count). The van der Waals surface area contributed by atoms with Crippen LogP contribution < -0.4 is 0 Å². The van der Waals surface area contributed by atoms with Crippen molar-refractivity contribution in [2.24, 2.45) is 11.0 Å². The third-order valence-corrected chi connectivity index (χ3v) is 4.29. The van der Waals surface area contributed by atoms with Gasteiger partial charge in [-0.3, -0.25) is 9.80 Å². The summed E-state index contributed by atoms with van der Waals surface area (Å²) in [6.07, 6.45) is -4.83. The molecule has 0 radical (unpaired) electrons. The van der Waals surface area contributed by atoms with Crippen LogP contribution in [0, 0.1) is 5.92 Å². The molecule has 3 heterocycles. The number of carbonyl (C=O) groups is 2. The smallest absolute Gasteiger partial charge is 0.301 e. The molecule has 0 bridgehead atoms. The molecule has 0 aromatic carbocycles. The van der Waals surface area contributed by atoms with Gasteiger partial charge in [0.1, 0.15) is 18.5 Å². The van der Waals surface area contributed by atoms with Gasteiger partial charge in [-0.15, -0.1) is 0 Å². The van der Waals surface area contributed by atoms with E-state index in [2.05, 4.69) is 15.1 Å². The molecule has 2 aromatic heterocycles. The van der Waals surface area contributed by atoms with Crippen LogP contribution in [0.2, 0.25) is 0 Å². The lowest BCUT2D eigenvalue weighted by atomic mass is 9.91. The molecule has 0 fully saturated rings. The zero-order chi connectivity index (χ0) is 19.9. The van der Waals surface area contributed by atoms with Crippen molar-refractivity contribution in [3.63, 3.8) is 0 Å². The molecule has 6 nitrogen and oxygen atoms in total. The Labute approximate surface area is 150 Å². The summed E-state index contributed by atoms with van der Waals surface area (Å²) in [5.74, 6) is -2.09. The Bertz CT molecular complexity index is 942. The lowest BCUT2D eigenvalue weighted by molar-refractivity contribution is -0.141. The Balaban J connectivity index is 2.16. The standard InChI is InChI=1S/C17H14F4N4O2/c1-8(18)12-4-3-9-5-10(15(17(19,20)21)24-16(9)23-12)14(27)11-6-22-25(2)13(11)7-26/h3-8,11,13H,1-2H3. The average molecular weight is 382 g/mol. The number of hydrogen-bond donors (Lipinski definition) is 0. The molecular weight excluding hydrogens is 368 g/mol. The lowest BCUT2D eigenvalue weighted by Gasteiger charge is -2.19. The highest BCUT2D eigenvalue weighted by Gasteiger charge is 2.42. The van der Waals surface area contributed by atoms with Crippen molar-refractivity contribution in [1.82, 2.24) is 15.0 Å². The van der Waals surface area contributed by atoms with E-state index in [0.29, 0.717) is 6.29 Å². The number of nitrogens with zero attached hydrogens (tertiary/aromatic N) is 4. The van der Waals surface area contributed by atoms with Crippen LogP contribution in [0.5, 0.6) is 0 Å². The Morgan fingerprint density at radius 1 is 1.30 bits per heavy atom. The second-order valence-corrected chi connectivity index (χ2v) is 6.14. The molecular formula is C17H14F4N4O2. The Hall–Kier alpha value is -2.91. The van der Waals surface area contributed by atoms with Gasteiger partial charge in [-0.25, -0.2) is 14.4 Å². The van der Waals surface area contributed by atoms with Gasteiger partial charge in [-0.05, 0) is 25.1 Å². The maximum atomic E-state index is 13.5. The number of pyridine rings is 2. The minimum Gasteiger partial charge on any atom is -0.301 e. The van der Waals surface area contributed by atoms with Gasteiger partial charge >= 0.3 is 6.18 Å². The molecule has 1 aliphatic heterocycles. The van der Waals surface area contributed by atoms with Crippen molar-refractivity contribution >= 4 is 29.3 Å². The summed E-state index contributed by atoms with van der Waals surface area (Å²) in [6.45, 7) is 1.20. The summed E-state index contributed by atoms with van der Waals surface area (Å²) in [6, 6.07) is 2.68. The lowest BCUT2D eigenvalue weighted by Crippen LogP contribution is -2.36. The molecule has 2 aromatic rings. The maximum Gasteiger partial charge on any atom is 0.434 e. The van der Waals surface area contributed by atoms with E-state index >= 15 is 0 Å². The molecule has 0 aliphatic carbocycles. The number of rotatable bonds is 4.